The van der Waals surface area contributed by atoms with Gasteiger partial charge in [-0.2, -0.15) is 0 Å². The molecule has 0 aromatic carbocycles. The van der Waals surface area contributed by atoms with Gasteiger partial charge in [-0.15, -0.1) is 6.58 Å². The highest BCUT2D eigenvalue weighted by Gasteiger charge is 2.53. The van der Waals surface area contributed by atoms with Crippen molar-refractivity contribution in [2.75, 3.05) is 0 Å². The Hall–Kier alpha value is -0.870. The van der Waals surface area contributed by atoms with Crippen LogP contribution in [0.3, 0.4) is 0 Å². The van der Waals surface area contributed by atoms with Crippen LogP contribution in [0.1, 0.15) is 20.3 Å². The van der Waals surface area contributed by atoms with Gasteiger partial charge in [-0.1, -0.05) is 6.08 Å². The minimum atomic E-state index is -0.646. The lowest BCUT2D eigenvalue weighted by molar-refractivity contribution is -0.162. The lowest BCUT2D eigenvalue weighted by Crippen LogP contribution is -2.36. The largest absolute Gasteiger partial charge is 0.348 e. The van der Waals surface area contributed by atoms with Crippen LogP contribution in [0.5, 0.6) is 0 Å². The molecule has 3 atom stereocenters. The first-order valence-electron chi connectivity index (χ1n) is 4.80. The molecule has 2 saturated heterocycles. The molecule has 2 rings (SSSR count). The van der Waals surface area contributed by atoms with E-state index >= 15 is 0 Å². The van der Waals surface area contributed by atoms with Crippen molar-refractivity contribution in [1.29, 1.82) is 0 Å². The zero-order valence-electron chi connectivity index (χ0n) is 8.45. The maximum absolute atomic E-state index is 11.5. The molecule has 1 amide bonds. The third-order valence-corrected chi connectivity index (χ3v) is 2.53. The fourth-order valence-electron chi connectivity index (χ4n) is 2.01. The lowest BCUT2D eigenvalue weighted by Gasteiger charge is -2.21. The minimum Gasteiger partial charge on any atom is -0.348 e. The Kier molecular flexibility index (Phi) is 2.12. The zero-order chi connectivity index (χ0) is 10.3. The van der Waals surface area contributed by atoms with Crippen molar-refractivity contribution < 1.29 is 14.3 Å². The molecular weight excluding hydrogens is 182 g/mol. The third kappa shape index (κ3) is 1.44. The molecular formula is C10H15NO3. The molecule has 2 aliphatic rings. The van der Waals surface area contributed by atoms with Gasteiger partial charge in [0.2, 0.25) is 0 Å². The van der Waals surface area contributed by atoms with Crippen molar-refractivity contribution in [1.82, 2.24) is 5.32 Å². The maximum atomic E-state index is 11.5. The Balaban J connectivity index is 2.14. The second-order valence-corrected chi connectivity index (χ2v) is 4.16. The quantitative estimate of drug-likeness (QED) is 0.659. The summed E-state index contributed by atoms with van der Waals surface area (Å²) in [5.74, 6) is -0.723. The smallest absolute Gasteiger partial charge is 0.252 e. The molecule has 0 aliphatic carbocycles. The third-order valence-electron chi connectivity index (χ3n) is 2.53. The molecule has 2 fully saturated rings. The van der Waals surface area contributed by atoms with Crippen LogP contribution in [-0.2, 0) is 14.3 Å². The number of carbonyl (C=O) groups is 1. The molecule has 0 aromatic rings. The van der Waals surface area contributed by atoms with E-state index in [1.54, 1.807) is 6.08 Å². The first-order valence-corrected chi connectivity index (χ1v) is 4.80. The van der Waals surface area contributed by atoms with Gasteiger partial charge in [0.25, 0.3) is 5.91 Å². The van der Waals surface area contributed by atoms with E-state index in [2.05, 4.69) is 11.9 Å². The van der Waals surface area contributed by atoms with Gasteiger partial charge < -0.3 is 14.8 Å². The molecule has 0 unspecified atom stereocenters. The summed E-state index contributed by atoms with van der Waals surface area (Å²) in [6, 6.07) is 0.00627. The Morgan fingerprint density at radius 2 is 2.29 bits per heavy atom. The van der Waals surface area contributed by atoms with E-state index in [-0.39, 0.29) is 18.1 Å². The molecule has 4 nitrogen and oxygen atoms in total. The van der Waals surface area contributed by atoms with Gasteiger partial charge in [0.05, 0.1) is 6.04 Å². The predicted octanol–water partition coefficient (Wildman–Crippen LogP) is 0.581. The van der Waals surface area contributed by atoms with E-state index in [9.17, 15) is 4.79 Å². The SMILES string of the molecule is C=CC[C@@H]1NC(=O)[C@H]2OC(C)(C)O[C@@H]12. The Morgan fingerprint density at radius 1 is 1.57 bits per heavy atom. The molecule has 0 saturated carbocycles. The Morgan fingerprint density at radius 3 is 2.93 bits per heavy atom. The van der Waals surface area contributed by atoms with Crippen molar-refractivity contribution >= 4 is 5.91 Å². The molecule has 2 aliphatic heterocycles. The summed E-state index contributed by atoms with van der Waals surface area (Å²) in [5.41, 5.74) is 0. The van der Waals surface area contributed by atoms with Crippen LogP contribution in [0.25, 0.3) is 0 Å². The van der Waals surface area contributed by atoms with Gasteiger partial charge in [0.1, 0.15) is 6.10 Å². The maximum Gasteiger partial charge on any atom is 0.252 e. The summed E-state index contributed by atoms with van der Waals surface area (Å²) in [6.45, 7) is 7.30. The number of ether oxygens (including phenoxy) is 2. The monoisotopic (exact) mass is 197 g/mol. The topological polar surface area (TPSA) is 47.6 Å². The molecule has 0 bridgehead atoms. The summed E-state index contributed by atoms with van der Waals surface area (Å²) in [4.78, 5) is 11.5. The van der Waals surface area contributed by atoms with Gasteiger partial charge in [-0.3, -0.25) is 4.79 Å². The van der Waals surface area contributed by atoms with Crippen molar-refractivity contribution in [3.05, 3.63) is 12.7 Å². The van der Waals surface area contributed by atoms with Gasteiger partial charge >= 0.3 is 0 Å². The molecule has 0 aromatic heterocycles. The number of rotatable bonds is 2. The van der Waals surface area contributed by atoms with Crippen LogP contribution >= 0.6 is 0 Å². The van der Waals surface area contributed by atoms with E-state index in [1.807, 2.05) is 13.8 Å². The zero-order valence-corrected chi connectivity index (χ0v) is 8.45. The Labute approximate surface area is 83.3 Å². The fourth-order valence-corrected chi connectivity index (χ4v) is 2.01. The van der Waals surface area contributed by atoms with Gasteiger partial charge in [-0.05, 0) is 20.3 Å². The van der Waals surface area contributed by atoms with E-state index in [1.165, 1.54) is 0 Å². The van der Waals surface area contributed by atoms with Gasteiger partial charge in [0.15, 0.2) is 11.9 Å². The second kappa shape index (κ2) is 3.07. The van der Waals surface area contributed by atoms with E-state index in [4.69, 9.17) is 9.47 Å². The highest BCUT2D eigenvalue weighted by molar-refractivity contribution is 5.85. The molecule has 0 spiro atoms. The van der Waals surface area contributed by atoms with E-state index < -0.39 is 11.9 Å². The number of carbonyl (C=O) groups excluding carboxylic acids is 1. The van der Waals surface area contributed by atoms with Crippen LogP contribution in [-0.4, -0.2) is 29.9 Å². The highest BCUT2D eigenvalue weighted by Crippen LogP contribution is 2.34. The summed E-state index contributed by atoms with van der Waals surface area (Å²) in [5, 5.41) is 2.83. The van der Waals surface area contributed by atoms with Crippen molar-refractivity contribution in [2.45, 2.75) is 44.3 Å². The van der Waals surface area contributed by atoms with Crippen LogP contribution in [0.2, 0.25) is 0 Å². The lowest BCUT2D eigenvalue weighted by atomic mass is 10.1. The summed E-state index contributed by atoms with van der Waals surface area (Å²) in [7, 11) is 0. The molecule has 4 heteroatoms. The summed E-state index contributed by atoms with van der Waals surface area (Å²) in [6.07, 6.45) is 1.87. The van der Waals surface area contributed by atoms with E-state index in [0.717, 1.165) is 0 Å². The molecule has 0 radical (unpaired) electrons. The van der Waals surface area contributed by atoms with Crippen LogP contribution in [0, 0.1) is 0 Å². The van der Waals surface area contributed by atoms with Crippen LogP contribution < -0.4 is 5.32 Å². The molecule has 2 heterocycles. The normalized spacial score (nSPS) is 39.3. The van der Waals surface area contributed by atoms with Crippen molar-refractivity contribution in [3.8, 4) is 0 Å². The number of nitrogens with one attached hydrogen (secondary N) is 1. The van der Waals surface area contributed by atoms with Crippen LogP contribution in [0.4, 0.5) is 0 Å². The molecule has 1 N–H and O–H groups in total. The molecule has 14 heavy (non-hydrogen) atoms. The molecule has 78 valence electrons. The van der Waals surface area contributed by atoms with E-state index in [0.29, 0.717) is 6.42 Å². The first kappa shape index (κ1) is 9.68. The second-order valence-electron chi connectivity index (χ2n) is 4.16. The summed E-state index contributed by atoms with van der Waals surface area (Å²) < 4.78 is 11.1. The number of amides is 1. The summed E-state index contributed by atoms with van der Waals surface area (Å²) >= 11 is 0. The van der Waals surface area contributed by atoms with Crippen molar-refractivity contribution in [2.24, 2.45) is 0 Å². The number of fused-ring (bicyclic) bond motifs is 1. The Bertz CT molecular complexity index is 275. The van der Waals surface area contributed by atoms with Crippen molar-refractivity contribution in [3.63, 3.8) is 0 Å². The highest BCUT2D eigenvalue weighted by atomic mass is 16.8. The average Bonchev–Trinajstić information content (AvgIpc) is 2.51. The predicted molar refractivity (Wildman–Crippen MR) is 50.6 cm³/mol. The number of hydrogen-bond acceptors (Lipinski definition) is 3. The van der Waals surface area contributed by atoms with Crippen LogP contribution in [0.15, 0.2) is 12.7 Å². The fraction of sp³-hybridized carbons (Fsp3) is 0.700. The first-order chi connectivity index (χ1) is 6.53. The minimum absolute atomic E-state index is 0.00627. The van der Waals surface area contributed by atoms with Gasteiger partial charge in [0, 0.05) is 0 Å². The standard InChI is InChI=1S/C10H15NO3/c1-4-5-6-7-8(9(12)11-6)14-10(2,3)13-7/h4,6-8H,1,5H2,2-3H3,(H,11,12)/t6-,7-,8-/m0/s1. The van der Waals surface area contributed by atoms with Gasteiger partial charge in [-0.25, -0.2) is 0 Å². The average molecular weight is 197 g/mol. The number of hydrogen-bond donors (Lipinski definition) is 1.